The zero-order valence-electron chi connectivity index (χ0n) is 15.2. The van der Waals surface area contributed by atoms with Crippen LogP contribution in [0.25, 0.3) is 0 Å². The summed E-state index contributed by atoms with van der Waals surface area (Å²) in [6, 6.07) is 19.6. The predicted octanol–water partition coefficient (Wildman–Crippen LogP) is 3.07. The van der Waals surface area contributed by atoms with E-state index in [0.29, 0.717) is 12.6 Å². The van der Waals surface area contributed by atoms with Gasteiger partial charge in [0.2, 0.25) is 0 Å². The lowest BCUT2D eigenvalue weighted by Gasteiger charge is -2.33. The van der Waals surface area contributed by atoms with Crippen molar-refractivity contribution in [1.82, 2.24) is 15.1 Å². The van der Waals surface area contributed by atoms with Gasteiger partial charge in [-0.3, -0.25) is 4.90 Å². The molecule has 2 aromatic carbocycles. The first-order valence-corrected chi connectivity index (χ1v) is 9.67. The first-order chi connectivity index (χ1) is 12.8. The Labute approximate surface area is 155 Å². The van der Waals surface area contributed by atoms with Gasteiger partial charge in [-0.15, -0.1) is 0 Å². The number of likely N-dealkylation sites (tertiary alicyclic amines) is 1. The Hall–Kier alpha value is -2.33. The fourth-order valence-electron chi connectivity index (χ4n) is 4.12. The normalized spacial score (nSPS) is 20.0. The van der Waals surface area contributed by atoms with Crippen molar-refractivity contribution in [2.24, 2.45) is 0 Å². The van der Waals surface area contributed by atoms with Crippen LogP contribution < -0.4 is 5.32 Å². The molecule has 1 atom stereocenters. The third-order valence-electron chi connectivity index (χ3n) is 5.66. The number of benzene rings is 2. The van der Waals surface area contributed by atoms with E-state index in [-0.39, 0.29) is 6.03 Å². The van der Waals surface area contributed by atoms with Gasteiger partial charge in [-0.25, -0.2) is 4.79 Å². The van der Waals surface area contributed by atoms with E-state index in [2.05, 4.69) is 46.6 Å². The number of carbonyl (C=O) groups is 1. The smallest absolute Gasteiger partial charge is 0.317 e. The lowest BCUT2D eigenvalue weighted by atomic mass is 9.98. The van der Waals surface area contributed by atoms with Crippen LogP contribution in [0.3, 0.4) is 0 Å². The third-order valence-corrected chi connectivity index (χ3v) is 5.66. The van der Waals surface area contributed by atoms with Crippen LogP contribution in [0.1, 0.15) is 23.1 Å². The second-order valence-electron chi connectivity index (χ2n) is 7.35. The van der Waals surface area contributed by atoms with E-state index >= 15 is 0 Å². The van der Waals surface area contributed by atoms with Crippen LogP contribution in [-0.4, -0.2) is 48.1 Å². The van der Waals surface area contributed by atoms with Crippen LogP contribution in [0.2, 0.25) is 0 Å². The molecule has 2 aliphatic heterocycles. The van der Waals surface area contributed by atoms with Crippen molar-refractivity contribution < 1.29 is 4.79 Å². The Morgan fingerprint density at radius 1 is 1.00 bits per heavy atom. The van der Waals surface area contributed by atoms with Crippen molar-refractivity contribution in [2.75, 3.05) is 26.2 Å². The topological polar surface area (TPSA) is 35.6 Å². The molecule has 26 heavy (non-hydrogen) atoms. The Bertz CT molecular complexity index is 746. The van der Waals surface area contributed by atoms with Gasteiger partial charge in [0.25, 0.3) is 0 Å². The molecule has 4 rings (SSSR count). The van der Waals surface area contributed by atoms with E-state index in [1.807, 2.05) is 23.1 Å². The first-order valence-electron chi connectivity index (χ1n) is 9.67. The molecule has 2 amide bonds. The Kier molecular flexibility index (Phi) is 5.21. The summed E-state index contributed by atoms with van der Waals surface area (Å²) >= 11 is 0. The van der Waals surface area contributed by atoms with Gasteiger partial charge in [0.15, 0.2) is 0 Å². The van der Waals surface area contributed by atoms with E-state index < -0.39 is 0 Å². The van der Waals surface area contributed by atoms with Gasteiger partial charge in [0, 0.05) is 38.8 Å². The minimum Gasteiger partial charge on any atom is -0.338 e. The molecule has 1 saturated heterocycles. The molecule has 1 N–H and O–H groups in total. The third kappa shape index (κ3) is 3.91. The fraction of sp³-hybridized carbons (Fsp3) is 0.409. The van der Waals surface area contributed by atoms with Crippen molar-refractivity contribution in [1.29, 1.82) is 0 Å². The molecule has 0 bridgehead atoms. The molecule has 2 heterocycles. The fourth-order valence-corrected chi connectivity index (χ4v) is 4.12. The quantitative estimate of drug-likeness (QED) is 0.921. The summed E-state index contributed by atoms with van der Waals surface area (Å²) in [6.07, 6.45) is 3.08. The standard InChI is InChI=1S/C22H27N3O/c26-22(23-13-10-18-6-2-1-3-7-18)25-15-12-21(17-25)24-14-11-19-8-4-5-9-20(19)16-24/h1-9,21H,10-17H2,(H,23,26). The number of carbonyl (C=O) groups excluding carboxylic acids is 1. The average Bonchev–Trinajstić information content (AvgIpc) is 3.19. The molecule has 2 aromatic rings. The number of fused-ring (bicyclic) bond motifs is 1. The first kappa shape index (κ1) is 17.1. The Morgan fingerprint density at radius 3 is 2.62 bits per heavy atom. The highest BCUT2D eigenvalue weighted by atomic mass is 16.2. The summed E-state index contributed by atoms with van der Waals surface area (Å²) in [7, 11) is 0. The van der Waals surface area contributed by atoms with Crippen molar-refractivity contribution >= 4 is 6.03 Å². The maximum atomic E-state index is 12.5. The number of rotatable bonds is 4. The predicted molar refractivity (Wildman–Crippen MR) is 104 cm³/mol. The molecule has 1 unspecified atom stereocenters. The largest absolute Gasteiger partial charge is 0.338 e. The van der Waals surface area contributed by atoms with Crippen molar-refractivity contribution in [3.05, 3.63) is 71.3 Å². The van der Waals surface area contributed by atoms with E-state index in [1.165, 1.54) is 16.7 Å². The highest BCUT2D eigenvalue weighted by Crippen LogP contribution is 2.24. The lowest BCUT2D eigenvalue weighted by Crippen LogP contribution is -2.44. The molecule has 0 spiro atoms. The molecule has 0 saturated carbocycles. The average molecular weight is 349 g/mol. The summed E-state index contributed by atoms with van der Waals surface area (Å²) in [6.45, 7) is 4.52. The van der Waals surface area contributed by atoms with E-state index in [1.54, 1.807) is 0 Å². The monoisotopic (exact) mass is 349 g/mol. The molecule has 4 nitrogen and oxygen atoms in total. The minimum atomic E-state index is 0.0841. The molecule has 4 heteroatoms. The van der Waals surface area contributed by atoms with Crippen molar-refractivity contribution in [2.45, 2.75) is 31.8 Å². The van der Waals surface area contributed by atoms with Gasteiger partial charge in [0.05, 0.1) is 0 Å². The van der Waals surface area contributed by atoms with Crippen LogP contribution in [0.5, 0.6) is 0 Å². The summed E-state index contributed by atoms with van der Waals surface area (Å²) in [5.41, 5.74) is 4.20. The van der Waals surface area contributed by atoms with E-state index in [9.17, 15) is 4.79 Å². The molecule has 0 aromatic heterocycles. The minimum absolute atomic E-state index is 0.0841. The second-order valence-corrected chi connectivity index (χ2v) is 7.35. The molecule has 136 valence electrons. The molecular formula is C22H27N3O. The van der Waals surface area contributed by atoms with Gasteiger partial charge in [-0.1, -0.05) is 54.6 Å². The van der Waals surface area contributed by atoms with Crippen LogP contribution in [0.15, 0.2) is 54.6 Å². The number of hydrogen-bond donors (Lipinski definition) is 1. The van der Waals surface area contributed by atoms with Crippen LogP contribution in [-0.2, 0) is 19.4 Å². The summed E-state index contributed by atoms with van der Waals surface area (Å²) < 4.78 is 0. The maximum absolute atomic E-state index is 12.5. The summed E-state index contributed by atoms with van der Waals surface area (Å²) in [5, 5.41) is 3.08. The molecule has 1 fully saturated rings. The Balaban J connectivity index is 1.25. The van der Waals surface area contributed by atoms with Crippen LogP contribution >= 0.6 is 0 Å². The lowest BCUT2D eigenvalue weighted by molar-refractivity contribution is 0.173. The van der Waals surface area contributed by atoms with Gasteiger partial charge >= 0.3 is 6.03 Å². The van der Waals surface area contributed by atoms with E-state index in [4.69, 9.17) is 0 Å². The zero-order chi connectivity index (χ0) is 17.8. The number of amides is 2. The van der Waals surface area contributed by atoms with Gasteiger partial charge in [0.1, 0.15) is 0 Å². The highest BCUT2D eigenvalue weighted by Gasteiger charge is 2.31. The second kappa shape index (κ2) is 7.92. The summed E-state index contributed by atoms with van der Waals surface area (Å²) in [5.74, 6) is 0. The van der Waals surface area contributed by atoms with Crippen molar-refractivity contribution in [3.63, 3.8) is 0 Å². The van der Waals surface area contributed by atoms with Crippen LogP contribution in [0, 0.1) is 0 Å². The van der Waals surface area contributed by atoms with E-state index in [0.717, 1.165) is 45.4 Å². The number of nitrogens with zero attached hydrogens (tertiary/aromatic N) is 2. The molecule has 2 aliphatic rings. The number of hydrogen-bond acceptors (Lipinski definition) is 2. The molecular weight excluding hydrogens is 322 g/mol. The molecule has 0 aliphatic carbocycles. The van der Waals surface area contributed by atoms with Gasteiger partial charge in [-0.2, -0.15) is 0 Å². The van der Waals surface area contributed by atoms with Gasteiger partial charge < -0.3 is 10.2 Å². The van der Waals surface area contributed by atoms with Crippen LogP contribution in [0.4, 0.5) is 4.79 Å². The SMILES string of the molecule is O=C(NCCc1ccccc1)N1CCC(N2CCc3ccccc3C2)C1. The molecule has 0 radical (unpaired) electrons. The number of urea groups is 1. The zero-order valence-corrected chi connectivity index (χ0v) is 15.2. The number of nitrogens with one attached hydrogen (secondary N) is 1. The Morgan fingerprint density at radius 2 is 1.77 bits per heavy atom. The maximum Gasteiger partial charge on any atom is 0.317 e. The summed E-state index contributed by atoms with van der Waals surface area (Å²) in [4.78, 5) is 17.0. The highest BCUT2D eigenvalue weighted by molar-refractivity contribution is 5.74. The van der Waals surface area contributed by atoms with Gasteiger partial charge in [-0.05, 0) is 36.0 Å². The van der Waals surface area contributed by atoms with Crippen molar-refractivity contribution in [3.8, 4) is 0 Å².